The number of ether oxygens (including phenoxy) is 1. The Kier molecular flexibility index (Phi) is 4.44. The van der Waals surface area contributed by atoms with Gasteiger partial charge in [-0.2, -0.15) is 4.31 Å². The topological polar surface area (TPSA) is 75.7 Å². The van der Waals surface area contributed by atoms with Crippen LogP contribution in [0.25, 0.3) is 0 Å². The second-order valence-electron chi connectivity index (χ2n) is 5.36. The van der Waals surface area contributed by atoms with Crippen LogP contribution in [0.1, 0.15) is 13.3 Å². The van der Waals surface area contributed by atoms with Gasteiger partial charge in [0.25, 0.3) is 0 Å². The van der Waals surface area contributed by atoms with Crippen molar-refractivity contribution >= 4 is 33.4 Å². The first-order valence-corrected chi connectivity index (χ1v) is 9.47. The predicted octanol–water partition coefficient (Wildman–Crippen LogP) is 1.53. The number of amides is 1. The highest BCUT2D eigenvalue weighted by Crippen LogP contribution is 2.36. The van der Waals surface area contributed by atoms with Crippen molar-refractivity contribution in [1.29, 1.82) is 0 Å². The Balaban J connectivity index is 1.94. The van der Waals surface area contributed by atoms with Gasteiger partial charge >= 0.3 is 0 Å². The van der Waals surface area contributed by atoms with Gasteiger partial charge in [0.15, 0.2) is 0 Å². The summed E-state index contributed by atoms with van der Waals surface area (Å²) in [5.74, 6) is -0.0836. The average molecular weight is 342 g/mol. The van der Waals surface area contributed by atoms with Crippen LogP contribution in [0.3, 0.4) is 0 Å². The molecule has 0 radical (unpaired) electrons. The monoisotopic (exact) mass is 342 g/mol. The van der Waals surface area contributed by atoms with Crippen LogP contribution < -0.4 is 5.32 Å². The Labute approximate surface area is 134 Å². The van der Waals surface area contributed by atoms with Crippen molar-refractivity contribution in [3.8, 4) is 0 Å². The minimum atomic E-state index is -3.55. The molecule has 22 heavy (non-hydrogen) atoms. The van der Waals surface area contributed by atoms with Crippen LogP contribution in [-0.4, -0.2) is 50.2 Å². The van der Waals surface area contributed by atoms with Crippen LogP contribution in [0.2, 0.25) is 0 Å². The fourth-order valence-electron chi connectivity index (χ4n) is 2.53. The first kappa shape index (κ1) is 15.8. The van der Waals surface area contributed by atoms with Crippen molar-refractivity contribution in [3.05, 3.63) is 18.2 Å². The van der Waals surface area contributed by atoms with Gasteiger partial charge in [-0.1, -0.05) is 6.92 Å². The molecular formula is C14H18N2O4S2. The predicted molar refractivity (Wildman–Crippen MR) is 84.6 cm³/mol. The standard InChI is InChI=1S/C14H18N2O4S2/c1-10-8-14(17)15-12-9-11(2-3-13(12)21-10)22(18,19)16-4-6-20-7-5-16/h2-3,9-10H,4-8H2,1H3,(H,15,17)/t10-/m1/s1. The molecule has 1 saturated heterocycles. The van der Waals surface area contributed by atoms with E-state index in [4.69, 9.17) is 4.74 Å². The van der Waals surface area contributed by atoms with Crippen molar-refractivity contribution in [3.63, 3.8) is 0 Å². The van der Waals surface area contributed by atoms with Crippen LogP contribution in [0.4, 0.5) is 5.69 Å². The summed E-state index contributed by atoms with van der Waals surface area (Å²) in [6.07, 6.45) is 0.422. The number of hydrogen-bond donors (Lipinski definition) is 1. The number of fused-ring (bicyclic) bond motifs is 1. The van der Waals surface area contributed by atoms with Gasteiger partial charge in [-0.15, -0.1) is 11.8 Å². The van der Waals surface area contributed by atoms with Crippen LogP contribution in [-0.2, 0) is 19.6 Å². The lowest BCUT2D eigenvalue weighted by atomic mass is 10.3. The summed E-state index contributed by atoms with van der Waals surface area (Å²) < 4.78 is 31.9. The molecule has 1 N–H and O–H groups in total. The molecule has 0 bridgehead atoms. The van der Waals surface area contributed by atoms with Crippen LogP contribution >= 0.6 is 11.8 Å². The molecular weight excluding hydrogens is 324 g/mol. The molecule has 0 spiro atoms. The van der Waals surface area contributed by atoms with E-state index < -0.39 is 10.0 Å². The SMILES string of the molecule is C[C@@H]1CC(=O)Nc2cc(S(=O)(=O)N3CCOCC3)ccc2S1. The number of morpholine rings is 1. The number of hydrogen-bond acceptors (Lipinski definition) is 5. The average Bonchev–Trinajstić information content (AvgIpc) is 2.63. The molecule has 0 unspecified atom stereocenters. The summed E-state index contributed by atoms with van der Waals surface area (Å²) in [4.78, 5) is 12.9. The molecule has 3 rings (SSSR count). The van der Waals surface area contributed by atoms with E-state index in [2.05, 4.69) is 5.32 Å². The second kappa shape index (κ2) is 6.19. The van der Waals surface area contributed by atoms with Gasteiger partial charge in [0.05, 0.1) is 23.8 Å². The zero-order valence-corrected chi connectivity index (χ0v) is 13.9. The van der Waals surface area contributed by atoms with Gasteiger partial charge in [0, 0.05) is 29.7 Å². The lowest BCUT2D eigenvalue weighted by molar-refractivity contribution is -0.116. The number of carbonyl (C=O) groups is 1. The van der Waals surface area contributed by atoms with Crippen molar-refractivity contribution < 1.29 is 17.9 Å². The third-order valence-corrected chi connectivity index (χ3v) is 6.71. The molecule has 2 aliphatic rings. The van der Waals surface area contributed by atoms with Crippen LogP contribution in [0.5, 0.6) is 0 Å². The number of nitrogens with one attached hydrogen (secondary N) is 1. The van der Waals surface area contributed by atoms with E-state index in [-0.39, 0.29) is 16.1 Å². The maximum absolute atomic E-state index is 12.7. The largest absolute Gasteiger partial charge is 0.379 e. The molecule has 0 aliphatic carbocycles. The Hall–Kier alpha value is -1.09. The van der Waals surface area contributed by atoms with E-state index in [0.29, 0.717) is 38.4 Å². The normalized spacial score (nSPS) is 23.5. The molecule has 6 nitrogen and oxygen atoms in total. The Bertz CT molecular complexity index is 684. The van der Waals surface area contributed by atoms with E-state index >= 15 is 0 Å². The highest BCUT2D eigenvalue weighted by molar-refractivity contribution is 8.00. The molecule has 2 aliphatic heterocycles. The van der Waals surface area contributed by atoms with Gasteiger partial charge < -0.3 is 10.1 Å². The molecule has 2 heterocycles. The molecule has 1 atom stereocenters. The zero-order valence-electron chi connectivity index (χ0n) is 12.2. The zero-order chi connectivity index (χ0) is 15.7. The quantitative estimate of drug-likeness (QED) is 0.882. The van der Waals surface area contributed by atoms with Gasteiger partial charge in [-0.05, 0) is 18.2 Å². The summed E-state index contributed by atoms with van der Waals surface area (Å²) in [5.41, 5.74) is 0.577. The number of rotatable bonds is 2. The molecule has 1 aromatic rings. The summed E-state index contributed by atoms with van der Waals surface area (Å²) in [7, 11) is -3.55. The molecule has 1 amide bonds. The van der Waals surface area contributed by atoms with Crippen LogP contribution in [0.15, 0.2) is 28.0 Å². The van der Waals surface area contributed by atoms with Crippen molar-refractivity contribution in [2.75, 3.05) is 31.6 Å². The lowest BCUT2D eigenvalue weighted by Gasteiger charge is -2.26. The van der Waals surface area contributed by atoms with E-state index in [1.54, 1.807) is 30.0 Å². The molecule has 1 fully saturated rings. The number of benzene rings is 1. The summed E-state index contributed by atoms with van der Waals surface area (Å²) in [6, 6.07) is 4.94. The minimum absolute atomic E-state index is 0.0836. The number of anilines is 1. The smallest absolute Gasteiger partial charge is 0.243 e. The van der Waals surface area contributed by atoms with E-state index in [9.17, 15) is 13.2 Å². The first-order valence-electron chi connectivity index (χ1n) is 7.15. The van der Waals surface area contributed by atoms with Gasteiger partial charge in [-0.25, -0.2) is 8.42 Å². The third-order valence-electron chi connectivity index (χ3n) is 3.63. The Morgan fingerprint density at radius 1 is 1.32 bits per heavy atom. The van der Waals surface area contributed by atoms with E-state index in [1.807, 2.05) is 6.92 Å². The summed E-state index contributed by atoms with van der Waals surface area (Å²) in [6.45, 7) is 3.52. The van der Waals surface area contributed by atoms with Crippen LogP contribution in [0, 0.1) is 0 Å². The minimum Gasteiger partial charge on any atom is -0.379 e. The second-order valence-corrected chi connectivity index (χ2v) is 8.77. The molecule has 120 valence electrons. The number of thioether (sulfide) groups is 1. The van der Waals surface area contributed by atoms with Gasteiger partial charge in [-0.3, -0.25) is 4.79 Å². The van der Waals surface area contributed by atoms with Gasteiger partial charge in [0.2, 0.25) is 15.9 Å². The highest BCUT2D eigenvalue weighted by atomic mass is 32.2. The molecule has 8 heteroatoms. The molecule has 1 aromatic carbocycles. The first-order chi connectivity index (χ1) is 10.5. The van der Waals surface area contributed by atoms with Crippen molar-refractivity contribution in [1.82, 2.24) is 4.31 Å². The molecule has 0 aromatic heterocycles. The lowest BCUT2D eigenvalue weighted by Crippen LogP contribution is -2.40. The Morgan fingerprint density at radius 2 is 2.05 bits per heavy atom. The van der Waals surface area contributed by atoms with E-state index in [1.165, 1.54) is 4.31 Å². The summed E-state index contributed by atoms with van der Waals surface area (Å²) >= 11 is 1.58. The molecule has 0 saturated carbocycles. The van der Waals surface area contributed by atoms with Gasteiger partial charge in [0.1, 0.15) is 0 Å². The fourth-order valence-corrected chi connectivity index (χ4v) is 5.01. The maximum atomic E-state index is 12.7. The summed E-state index contributed by atoms with van der Waals surface area (Å²) in [5, 5.41) is 2.97. The third kappa shape index (κ3) is 3.15. The number of carbonyl (C=O) groups excluding carboxylic acids is 1. The fraction of sp³-hybridized carbons (Fsp3) is 0.500. The Morgan fingerprint density at radius 3 is 2.77 bits per heavy atom. The maximum Gasteiger partial charge on any atom is 0.243 e. The number of sulfonamides is 1. The van der Waals surface area contributed by atoms with Crippen molar-refractivity contribution in [2.24, 2.45) is 0 Å². The van der Waals surface area contributed by atoms with E-state index in [0.717, 1.165) is 4.90 Å². The van der Waals surface area contributed by atoms with Crippen molar-refractivity contribution in [2.45, 2.75) is 28.4 Å². The number of nitrogens with zero attached hydrogens (tertiary/aromatic N) is 1. The highest BCUT2D eigenvalue weighted by Gasteiger charge is 2.28.